The number of hydrogen-bond acceptors (Lipinski definition) is 2. The normalized spacial score (nSPS) is 21.1. The van der Waals surface area contributed by atoms with E-state index in [0.717, 1.165) is 32.4 Å². The quantitative estimate of drug-likeness (QED) is 0.684. The third-order valence-electron chi connectivity index (χ3n) is 2.71. The van der Waals surface area contributed by atoms with Crippen molar-refractivity contribution in [1.29, 1.82) is 0 Å². The maximum atomic E-state index is 11.6. The third-order valence-corrected chi connectivity index (χ3v) is 2.71. The molecule has 3 nitrogen and oxygen atoms in total. The molecule has 13 heavy (non-hydrogen) atoms. The molecule has 0 aromatic carbocycles. The molecule has 1 aliphatic heterocycles. The van der Waals surface area contributed by atoms with Crippen molar-refractivity contribution in [3.63, 3.8) is 0 Å². The lowest BCUT2D eigenvalue weighted by Crippen LogP contribution is -2.41. The van der Waals surface area contributed by atoms with Crippen molar-refractivity contribution < 1.29 is 4.79 Å². The molecule has 1 rings (SSSR count). The number of hydrogen-bond donors (Lipinski definition) is 2. The van der Waals surface area contributed by atoms with Gasteiger partial charge in [-0.2, -0.15) is 0 Å². The molecule has 0 aromatic heterocycles. The average molecular weight is 184 g/mol. The summed E-state index contributed by atoms with van der Waals surface area (Å²) in [6, 6.07) is 0.322. The van der Waals surface area contributed by atoms with Crippen LogP contribution < -0.4 is 10.6 Å². The number of amides is 1. The zero-order valence-corrected chi connectivity index (χ0v) is 8.60. The smallest absolute Gasteiger partial charge is 0.223 e. The second-order valence-electron chi connectivity index (χ2n) is 3.84. The molecule has 0 radical (unpaired) electrons. The molecular formula is C10H20N2O. The van der Waals surface area contributed by atoms with Gasteiger partial charge in [-0.1, -0.05) is 6.92 Å². The van der Waals surface area contributed by atoms with E-state index in [1.165, 1.54) is 0 Å². The number of carbonyl (C=O) groups is 1. The van der Waals surface area contributed by atoms with E-state index in [-0.39, 0.29) is 11.8 Å². The van der Waals surface area contributed by atoms with Crippen molar-refractivity contribution in [2.45, 2.75) is 39.2 Å². The van der Waals surface area contributed by atoms with Crippen LogP contribution >= 0.6 is 0 Å². The number of carbonyl (C=O) groups excluding carboxylic acids is 1. The van der Waals surface area contributed by atoms with E-state index in [4.69, 9.17) is 0 Å². The van der Waals surface area contributed by atoms with Crippen molar-refractivity contribution in [2.24, 2.45) is 5.92 Å². The Morgan fingerprint density at radius 2 is 2.15 bits per heavy atom. The largest absolute Gasteiger partial charge is 0.353 e. The summed E-state index contributed by atoms with van der Waals surface area (Å²) in [6.07, 6.45) is 2.99. The molecule has 0 unspecified atom stereocenters. The van der Waals surface area contributed by atoms with E-state index in [2.05, 4.69) is 24.5 Å². The van der Waals surface area contributed by atoms with E-state index >= 15 is 0 Å². The molecule has 2 N–H and O–H groups in total. The van der Waals surface area contributed by atoms with Crippen LogP contribution in [0.25, 0.3) is 0 Å². The first-order valence-corrected chi connectivity index (χ1v) is 5.25. The van der Waals surface area contributed by atoms with Crippen LogP contribution in [0, 0.1) is 5.92 Å². The Morgan fingerprint density at radius 3 is 2.69 bits per heavy atom. The molecule has 1 amide bonds. The van der Waals surface area contributed by atoms with Crippen molar-refractivity contribution in [3.8, 4) is 0 Å². The Labute approximate surface area is 80.3 Å². The summed E-state index contributed by atoms with van der Waals surface area (Å²) < 4.78 is 0. The average Bonchev–Trinajstić information content (AvgIpc) is 2.19. The Morgan fingerprint density at radius 1 is 1.54 bits per heavy atom. The highest BCUT2D eigenvalue weighted by molar-refractivity contribution is 5.79. The van der Waals surface area contributed by atoms with Gasteiger partial charge in [0, 0.05) is 12.0 Å². The van der Waals surface area contributed by atoms with Crippen LogP contribution in [0.5, 0.6) is 0 Å². The fraction of sp³-hybridized carbons (Fsp3) is 0.900. The molecule has 0 spiro atoms. The molecule has 1 atom stereocenters. The monoisotopic (exact) mass is 184 g/mol. The lowest BCUT2D eigenvalue weighted by molar-refractivity contribution is -0.126. The van der Waals surface area contributed by atoms with E-state index in [1.807, 2.05) is 0 Å². The first-order chi connectivity index (χ1) is 6.24. The summed E-state index contributed by atoms with van der Waals surface area (Å²) in [6.45, 7) is 6.11. The van der Waals surface area contributed by atoms with Crippen molar-refractivity contribution in [2.75, 3.05) is 13.1 Å². The van der Waals surface area contributed by atoms with E-state index < -0.39 is 0 Å². The van der Waals surface area contributed by atoms with E-state index in [9.17, 15) is 4.79 Å². The summed E-state index contributed by atoms with van der Waals surface area (Å²) in [5.41, 5.74) is 0. The first-order valence-electron chi connectivity index (χ1n) is 5.25. The van der Waals surface area contributed by atoms with E-state index in [0.29, 0.717) is 6.04 Å². The zero-order chi connectivity index (χ0) is 9.68. The summed E-state index contributed by atoms with van der Waals surface area (Å²) in [5, 5.41) is 6.29. The van der Waals surface area contributed by atoms with Crippen LogP contribution in [-0.4, -0.2) is 25.0 Å². The second kappa shape index (κ2) is 5.22. The predicted molar refractivity (Wildman–Crippen MR) is 53.5 cm³/mol. The van der Waals surface area contributed by atoms with Crippen LogP contribution in [0.4, 0.5) is 0 Å². The Balaban J connectivity index is 2.29. The fourth-order valence-corrected chi connectivity index (χ4v) is 1.55. The zero-order valence-electron chi connectivity index (χ0n) is 8.60. The molecule has 1 saturated heterocycles. The SMILES string of the molecule is CC[C@@H](C)NC(=O)C1CCNCC1. The van der Waals surface area contributed by atoms with Gasteiger partial charge in [0.05, 0.1) is 0 Å². The van der Waals surface area contributed by atoms with Gasteiger partial charge in [0.2, 0.25) is 5.91 Å². The molecule has 1 heterocycles. The van der Waals surface area contributed by atoms with Crippen LogP contribution in [0.3, 0.4) is 0 Å². The van der Waals surface area contributed by atoms with Gasteiger partial charge in [-0.3, -0.25) is 4.79 Å². The van der Waals surface area contributed by atoms with Crippen LogP contribution in [0.2, 0.25) is 0 Å². The molecule has 76 valence electrons. The second-order valence-corrected chi connectivity index (χ2v) is 3.84. The van der Waals surface area contributed by atoms with Crippen LogP contribution in [-0.2, 0) is 4.79 Å². The van der Waals surface area contributed by atoms with Crippen molar-refractivity contribution in [1.82, 2.24) is 10.6 Å². The molecule has 3 heteroatoms. The maximum Gasteiger partial charge on any atom is 0.223 e. The van der Waals surface area contributed by atoms with Gasteiger partial charge >= 0.3 is 0 Å². The number of nitrogens with one attached hydrogen (secondary N) is 2. The molecule has 1 fully saturated rings. The summed E-state index contributed by atoms with van der Waals surface area (Å²) in [5.74, 6) is 0.492. The highest BCUT2D eigenvalue weighted by atomic mass is 16.1. The van der Waals surface area contributed by atoms with Gasteiger partial charge in [0.25, 0.3) is 0 Å². The summed E-state index contributed by atoms with van der Waals surface area (Å²) >= 11 is 0. The van der Waals surface area contributed by atoms with Crippen molar-refractivity contribution in [3.05, 3.63) is 0 Å². The first kappa shape index (κ1) is 10.5. The van der Waals surface area contributed by atoms with Gasteiger partial charge in [-0.15, -0.1) is 0 Å². The summed E-state index contributed by atoms with van der Waals surface area (Å²) in [4.78, 5) is 11.6. The van der Waals surface area contributed by atoms with Gasteiger partial charge in [0.15, 0.2) is 0 Å². The maximum absolute atomic E-state index is 11.6. The number of piperidine rings is 1. The third kappa shape index (κ3) is 3.35. The lowest BCUT2D eigenvalue weighted by Gasteiger charge is -2.23. The topological polar surface area (TPSA) is 41.1 Å². The van der Waals surface area contributed by atoms with Gasteiger partial charge in [-0.25, -0.2) is 0 Å². The van der Waals surface area contributed by atoms with Gasteiger partial charge in [0.1, 0.15) is 0 Å². The molecule has 0 saturated carbocycles. The minimum Gasteiger partial charge on any atom is -0.353 e. The van der Waals surface area contributed by atoms with Crippen molar-refractivity contribution >= 4 is 5.91 Å². The Hall–Kier alpha value is -0.570. The highest BCUT2D eigenvalue weighted by Crippen LogP contribution is 2.11. The fourth-order valence-electron chi connectivity index (χ4n) is 1.55. The minimum atomic E-state index is 0.246. The van der Waals surface area contributed by atoms with Gasteiger partial charge < -0.3 is 10.6 Å². The molecule has 0 aromatic rings. The molecule has 0 bridgehead atoms. The molecule has 0 aliphatic carbocycles. The highest BCUT2D eigenvalue weighted by Gasteiger charge is 2.21. The molecule has 1 aliphatic rings. The Bertz CT molecular complexity index is 164. The van der Waals surface area contributed by atoms with Crippen LogP contribution in [0.15, 0.2) is 0 Å². The van der Waals surface area contributed by atoms with Gasteiger partial charge in [-0.05, 0) is 39.3 Å². The van der Waals surface area contributed by atoms with Crippen LogP contribution in [0.1, 0.15) is 33.1 Å². The number of rotatable bonds is 3. The minimum absolute atomic E-state index is 0.246. The van der Waals surface area contributed by atoms with E-state index in [1.54, 1.807) is 0 Å². The standard InChI is InChI=1S/C10H20N2O/c1-3-8(2)12-10(13)9-4-6-11-7-5-9/h8-9,11H,3-7H2,1-2H3,(H,12,13)/t8-/m1/s1. The predicted octanol–water partition coefficient (Wildman–Crippen LogP) is 0.901. The summed E-state index contributed by atoms with van der Waals surface area (Å²) in [7, 11) is 0. The molecular weight excluding hydrogens is 164 g/mol. The Kier molecular flexibility index (Phi) is 4.22. The lowest BCUT2D eigenvalue weighted by atomic mass is 9.97.